The van der Waals surface area contributed by atoms with Crippen molar-refractivity contribution in [2.24, 2.45) is 0 Å². The van der Waals surface area contributed by atoms with E-state index in [1.807, 2.05) is 0 Å². The molecule has 0 aliphatic rings. The van der Waals surface area contributed by atoms with Gasteiger partial charge in [0, 0.05) is 6.20 Å². The van der Waals surface area contributed by atoms with E-state index in [9.17, 15) is 13.6 Å². The fraction of sp³-hybridized carbons (Fsp3) is 0. The lowest BCUT2D eigenvalue weighted by Gasteiger charge is -2.06. The normalized spacial score (nSPS) is 10.5. The molecule has 2 aromatic rings. The van der Waals surface area contributed by atoms with Crippen LogP contribution in [0.4, 0.5) is 8.78 Å². The van der Waals surface area contributed by atoms with Crippen LogP contribution in [0.5, 0.6) is 0 Å². The second-order valence-corrected chi connectivity index (χ2v) is 5.32. The highest BCUT2D eigenvalue weighted by Gasteiger charge is 2.17. The highest BCUT2D eigenvalue weighted by atomic mass is 79.9. The molecule has 0 amide bonds. The monoisotopic (exact) mass is 345 g/mol. The Kier molecular flexibility index (Phi) is 4.16. The largest absolute Gasteiger partial charge is 0.478 e. The molecule has 3 nitrogen and oxygen atoms in total. The summed E-state index contributed by atoms with van der Waals surface area (Å²) in [6, 6.07) is 4.93. The minimum Gasteiger partial charge on any atom is -0.478 e. The first-order chi connectivity index (χ1) is 8.99. The number of benzene rings is 1. The number of aromatic carboxylic acids is 1. The molecule has 0 bridgehead atoms. The third kappa shape index (κ3) is 3.10. The molecule has 7 heteroatoms. The zero-order valence-corrected chi connectivity index (χ0v) is 11.6. The van der Waals surface area contributed by atoms with Gasteiger partial charge in [0.2, 0.25) is 0 Å². The molecule has 0 radical (unpaired) electrons. The van der Waals surface area contributed by atoms with Crippen molar-refractivity contribution in [2.45, 2.75) is 9.92 Å². The second kappa shape index (κ2) is 5.66. The molecule has 2 rings (SSSR count). The van der Waals surface area contributed by atoms with Gasteiger partial charge in [-0.1, -0.05) is 11.8 Å². The molecular weight excluding hydrogens is 340 g/mol. The second-order valence-electron chi connectivity index (χ2n) is 3.47. The molecule has 19 heavy (non-hydrogen) atoms. The zero-order valence-electron chi connectivity index (χ0n) is 9.23. The first-order valence-corrected chi connectivity index (χ1v) is 6.60. The number of nitrogens with zero attached hydrogens (tertiary/aromatic N) is 1. The molecule has 0 aliphatic heterocycles. The Morgan fingerprint density at radius 2 is 1.95 bits per heavy atom. The minimum absolute atomic E-state index is 0.288. The molecule has 1 heterocycles. The summed E-state index contributed by atoms with van der Waals surface area (Å²) in [7, 11) is 0. The first-order valence-electron chi connectivity index (χ1n) is 4.99. The fourth-order valence-electron chi connectivity index (χ4n) is 1.32. The Labute approximate surface area is 119 Å². The fourth-order valence-corrected chi connectivity index (χ4v) is 2.61. The van der Waals surface area contributed by atoms with Gasteiger partial charge in [0.1, 0.15) is 16.7 Å². The highest BCUT2D eigenvalue weighted by molar-refractivity contribution is 9.10. The molecule has 1 aromatic heterocycles. The van der Waals surface area contributed by atoms with E-state index < -0.39 is 23.2 Å². The average Bonchev–Trinajstić information content (AvgIpc) is 2.35. The van der Waals surface area contributed by atoms with Gasteiger partial charge in [-0.25, -0.2) is 18.6 Å². The van der Waals surface area contributed by atoms with Gasteiger partial charge in [0.25, 0.3) is 0 Å². The zero-order chi connectivity index (χ0) is 14.0. The third-order valence-corrected chi connectivity index (χ3v) is 4.18. The summed E-state index contributed by atoms with van der Waals surface area (Å²) in [4.78, 5) is 14.4. The lowest BCUT2D eigenvalue weighted by atomic mass is 10.2. The number of hydrogen-bond acceptors (Lipinski definition) is 3. The summed E-state index contributed by atoms with van der Waals surface area (Å²) in [5.41, 5.74) is -0.431. The summed E-state index contributed by atoms with van der Waals surface area (Å²) in [5, 5.41) is 9.09. The molecule has 0 saturated carbocycles. The summed E-state index contributed by atoms with van der Waals surface area (Å²) in [6.07, 6.45) is 1.49. The molecule has 98 valence electrons. The molecule has 0 saturated heterocycles. The average molecular weight is 346 g/mol. The maximum absolute atomic E-state index is 13.7. The van der Waals surface area contributed by atoms with Crippen molar-refractivity contribution in [2.75, 3.05) is 0 Å². The predicted octanol–water partition coefficient (Wildman–Crippen LogP) is 3.97. The topological polar surface area (TPSA) is 50.2 Å². The van der Waals surface area contributed by atoms with E-state index in [4.69, 9.17) is 5.11 Å². The van der Waals surface area contributed by atoms with E-state index in [0.717, 1.165) is 23.9 Å². The number of pyridine rings is 1. The number of rotatable bonds is 3. The van der Waals surface area contributed by atoms with E-state index >= 15 is 0 Å². The maximum atomic E-state index is 13.7. The van der Waals surface area contributed by atoms with Crippen LogP contribution >= 0.6 is 27.7 Å². The van der Waals surface area contributed by atoms with Crippen LogP contribution in [0.1, 0.15) is 10.4 Å². The van der Waals surface area contributed by atoms with Gasteiger partial charge in [-0.05, 0) is 40.2 Å². The van der Waals surface area contributed by atoms with E-state index in [1.54, 1.807) is 12.1 Å². The van der Waals surface area contributed by atoms with E-state index in [0.29, 0.717) is 9.50 Å². The van der Waals surface area contributed by atoms with Crippen molar-refractivity contribution in [3.8, 4) is 0 Å². The van der Waals surface area contributed by atoms with Gasteiger partial charge in [0.15, 0.2) is 0 Å². The summed E-state index contributed by atoms with van der Waals surface area (Å²) < 4.78 is 28.0. The Balaban J connectivity index is 2.42. The standard InChI is InChI=1S/C12H6BrF2NO2S/c13-7-2-1-3-16-11(7)19-10-8(14)4-6(12(17)18)5-9(10)15/h1-5H,(H,17,18). The van der Waals surface area contributed by atoms with Gasteiger partial charge in [-0.2, -0.15) is 0 Å². The molecule has 0 unspecified atom stereocenters. The van der Waals surface area contributed by atoms with Crippen molar-refractivity contribution >= 4 is 33.7 Å². The molecule has 1 N–H and O–H groups in total. The summed E-state index contributed by atoms with van der Waals surface area (Å²) in [5.74, 6) is -3.24. The lowest BCUT2D eigenvalue weighted by molar-refractivity contribution is 0.0695. The van der Waals surface area contributed by atoms with Crippen molar-refractivity contribution in [1.29, 1.82) is 0 Å². The molecule has 0 atom stereocenters. The van der Waals surface area contributed by atoms with Crippen LogP contribution in [0.25, 0.3) is 0 Å². The number of halogens is 3. The maximum Gasteiger partial charge on any atom is 0.335 e. The minimum atomic E-state index is -1.38. The molecule has 1 aromatic carbocycles. The number of carboxylic acid groups (broad SMARTS) is 1. The molecule has 0 fully saturated rings. The van der Waals surface area contributed by atoms with Crippen molar-refractivity contribution in [1.82, 2.24) is 4.98 Å². The third-order valence-electron chi connectivity index (χ3n) is 2.17. The Bertz CT molecular complexity index is 628. The van der Waals surface area contributed by atoms with Crippen molar-refractivity contribution in [3.63, 3.8) is 0 Å². The van der Waals surface area contributed by atoms with Gasteiger partial charge in [0.05, 0.1) is 14.9 Å². The summed E-state index contributed by atoms with van der Waals surface area (Å²) >= 11 is 4.01. The van der Waals surface area contributed by atoms with Gasteiger partial charge in [-0.15, -0.1) is 0 Å². The Morgan fingerprint density at radius 3 is 2.47 bits per heavy atom. The van der Waals surface area contributed by atoms with E-state index in [2.05, 4.69) is 20.9 Å². The smallest absolute Gasteiger partial charge is 0.335 e. The van der Waals surface area contributed by atoms with Crippen molar-refractivity contribution < 1.29 is 18.7 Å². The quantitative estimate of drug-likeness (QED) is 0.914. The molecule has 0 aliphatic carbocycles. The van der Waals surface area contributed by atoms with E-state index in [-0.39, 0.29) is 4.90 Å². The molecular formula is C12H6BrF2NO2S. The van der Waals surface area contributed by atoms with Crippen LogP contribution in [-0.2, 0) is 0 Å². The van der Waals surface area contributed by atoms with Crippen LogP contribution in [0, 0.1) is 11.6 Å². The van der Waals surface area contributed by atoms with Gasteiger partial charge >= 0.3 is 5.97 Å². The summed E-state index contributed by atoms with van der Waals surface area (Å²) in [6.45, 7) is 0. The Morgan fingerprint density at radius 1 is 1.32 bits per heavy atom. The van der Waals surface area contributed by atoms with Crippen molar-refractivity contribution in [3.05, 3.63) is 52.1 Å². The van der Waals surface area contributed by atoms with Crippen LogP contribution in [0.15, 0.2) is 44.9 Å². The lowest BCUT2D eigenvalue weighted by Crippen LogP contribution is -2.00. The van der Waals surface area contributed by atoms with Crippen LogP contribution in [-0.4, -0.2) is 16.1 Å². The Hall–Kier alpha value is -1.47. The van der Waals surface area contributed by atoms with Crippen LogP contribution in [0.3, 0.4) is 0 Å². The highest BCUT2D eigenvalue weighted by Crippen LogP contribution is 2.35. The van der Waals surface area contributed by atoms with E-state index in [1.165, 1.54) is 6.20 Å². The number of aromatic nitrogens is 1. The number of carboxylic acids is 1. The number of carbonyl (C=O) groups is 1. The van der Waals surface area contributed by atoms with Gasteiger partial charge < -0.3 is 5.11 Å². The van der Waals surface area contributed by atoms with Crippen LogP contribution in [0.2, 0.25) is 0 Å². The first kappa shape index (κ1) is 14.0. The molecule has 0 spiro atoms. The van der Waals surface area contributed by atoms with Crippen LogP contribution < -0.4 is 0 Å². The van der Waals surface area contributed by atoms with Gasteiger partial charge in [-0.3, -0.25) is 0 Å². The predicted molar refractivity (Wildman–Crippen MR) is 69.4 cm³/mol. The SMILES string of the molecule is O=C(O)c1cc(F)c(Sc2ncccc2Br)c(F)c1. The number of hydrogen-bond donors (Lipinski definition) is 1.